The highest BCUT2D eigenvalue weighted by Gasteiger charge is 2.07. The van der Waals surface area contributed by atoms with E-state index in [1.165, 1.54) is 24.3 Å². The van der Waals surface area contributed by atoms with Gasteiger partial charge in [-0.3, -0.25) is 4.79 Å². The second-order valence-corrected chi connectivity index (χ2v) is 6.66. The van der Waals surface area contributed by atoms with E-state index in [0.29, 0.717) is 10.9 Å². The third-order valence-corrected chi connectivity index (χ3v) is 4.91. The summed E-state index contributed by atoms with van der Waals surface area (Å²) in [5.74, 6) is -0.775. The van der Waals surface area contributed by atoms with Crippen LogP contribution >= 0.6 is 38.9 Å². The summed E-state index contributed by atoms with van der Waals surface area (Å²) < 4.78 is 15.0. The van der Waals surface area contributed by atoms with Gasteiger partial charge in [0.15, 0.2) is 0 Å². The molecular formula is C13H11BrClFN2OS. The van der Waals surface area contributed by atoms with E-state index < -0.39 is 5.82 Å². The first kappa shape index (κ1) is 15.3. The topological polar surface area (TPSA) is 41.1 Å². The molecule has 7 heteroatoms. The molecule has 2 rings (SSSR count). The minimum absolute atomic E-state index is 0.160. The van der Waals surface area contributed by atoms with E-state index in [4.69, 9.17) is 11.6 Å². The van der Waals surface area contributed by atoms with Crippen LogP contribution in [0.1, 0.15) is 11.8 Å². The first-order chi connectivity index (χ1) is 9.45. The molecule has 0 saturated heterocycles. The molecule has 106 valence electrons. The number of rotatable bonds is 4. The number of carbonyl (C=O) groups excluding carboxylic acids is 1. The van der Waals surface area contributed by atoms with E-state index in [0.717, 1.165) is 15.0 Å². The molecular weight excluding hydrogens is 367 g/mol. The third kappa shape index (κ3) is 3.94. The molecule has 1 aromatic carbocycles. The lowest BCUT2D eigenvalue weighted by Gasteiger charge is -2.09. The zero-order valence-corrected chi connectivity index (χ0v) is 13.6. The Morgan fingerprint density at radius 2 is 2.20 bits per heavy atom. The van der Waals surface area contributed by atoms with E-state index in [2.05, 4.69) is 26.6 Å². The Labute approximate surface area is 133 Å². The van der Waals surface area contributed by atoms with Crippen molar-refractivity contribution in [3.8, 4) is 0 Å². The third-order valence-electron chi connectivity index (χ3n) is 2.44. The second-order valence-electron chi connectivity index (χ2n) is 4.06. The van der Waals surface area contributed by atoms with E-state index >= 15 is 0 Å². The van der Waals surface area contributed by atoms with Gasteiger partial charge in [0.2, 0.25) is 5.91 Å². The average molecular weight is 378 g/mol. The van der Waals surface area contributed by atoms with Crippen molar-refractivity contribution in [3.05, 3.63) is 43.8 Å². The molecule has 0 unspecified atom stereocenters. The van der Waals surface area contributed by atoms with Crippen molar-refractivity contribution in [3.63, 3.8) is 0 Å². The van der Waals surface area contributed by atoms with Crippen LogP contribution in [0.25, 0.3) is 0 Å². The highest BCUT2D eigenvalue weighted by Crippen LogP contribution is 2.32. The number of hydrogen-bond acceptors (Lipinski definition) is 3. The first-order valence-corrected chi connectivity index (χ1v) is 7.69. The largest absolute Gasteiger partial charge is 0.380 e. The molecule has 0 saturated carbocycles. The molecule has 0 bridgehead atoms. The Morgan fingerprint density at radius 3 is 2.80 bits per heavy atom. The number of halogens is 3. The molecule has 0 aliphatic rings. The van der Waals surface area contributed by atoms with Crippen molar-refractivity contribution in [2.75, 3.05) is 10.6 Å². The Balaban J connectivity index is 2.07. The van der Waals surface area contributed by atoms with Crippen LogP contribution in [0.5, 0.6) is 0 Å². The van der Waals surface area contributed by atoms with E-state index in [1.54, 1.807) is 12.1 Å². The van der Waals surface area contributed by atoms with Crippen molar-refractivity contribution in [2.45, 2.75) is 13.5 Å². The summed E-state index contributed by atoms with van der Waals surface area (Å²) in [6.07, 6.45) is 0. The monoisotopic (exact) mass is 376 g/mol. The van der Waals surface area contributed by atoms with Crippen LogP contribution in [0, 0.1) is 5.82 Å². The first-order valence-electron chi connectivity index (χ1n) is 5.70. The predicted molar refractivity (Wildman–Crippen MR) is 85.1 cm³/mol. The molecule has 3 nitrogen and oxygen atoms in total. The number of anilines is 2. The lowest BCUT2D eigenvalue weighted by Crippen LogP contribution is -2.08. The van der Waals surface area contributed by atoms with Gasteiger partial charge in [0.1, 0.15) is 10.2 Å². The number of nitrogens with one attached hydrogen (secondary N) is 2. The number of amides is 1. The van der Waals surface area contributed by atoms with Gasteiger partial charge in [-0.05, 0) is 40.2 Å². The summed E-state index contributed by atoms with van der Waals surface area (Å²) in [5, 5.41) is 5.60. The fourth-order valence-electron chi connectivity index (χ4n) is 1.59. The number of thiophene rings is 1. The number of carbonyl (C=O) groups is 1. The van der Waals surface area contributed by atoms with Gasteiger partial charge in [-0.25, -0.2) is 4.39 Å². The molecule has 20 heavy (non-hydrogen) atoms. The van der Waals surface area contributed by atoms with Crippen molar-refractivity contribution in [1.29, 1.82) is 0 Å². The van der Waals surface area contributed by atoms with Crippen LogP contribution in [0.15, 0.2) is 28.7 Å². The fraction of sp³-hybridized carbons (Fsp3) is 0.154. The van der Waals surface area contributed by atoms with Crippen LogP contribution < -0.4 is 10.6 Å². The normalized spacial score (nSPS) is 10.4. The molecule has 0 aliphatic heterocycles. The molecule has 1 aromatic heterocycles. The molecule has 0 radical (unpaired) electrons. The Hall–Kier alpha value is -1.11. The van der Waals surface area contributed by atoms with Crippen molar-refractivity contribution in [1.82, 2.24) is 0 Å². The van der Waals surface area contributed by atoms with Gasteiger partial charge in [0, 0.05) is 28.5 Å². The van der Waals surface area contributed by atoms with Crippen LogP contribution in [0.2, 0.25) is 4.34 Å². The van der Waals surface area contributed by atoms with Gasteiger partial charge in [0.25, 0.3) is 0 Å². The van der Waals surface area contributed by atoms with Crippen molar-refractivity contribution in [2.24, 2.45) is 0 Å². The molecule has 2 aromatic rings. The fourth-order valence-corrected chi connectivity index (χ4v) is 3.32. The van der Waals surface area contributed by atoms with Crippen molar-refractivity contribution >= 4 is 56.1 Å². The summed E-state index contributed by atoms with van der Waals surface area (Å²) in [5.41, 5.74) is 0.878. The summed E-state index contributed by atoms with van der Waals surface area (Å²) in [6.45, 7) is 1.91. The van der Waals surface area contributed by atoms with Crippen LogP contribution in [-0.2, 0) is 11.3 Å². The maximum Gasteiger partial charge on any atom is 0.221 e. The lowest BCUT2D eigenvalue weighted by molar-refractivity contribution is -0.114. The smallest absolute Gasteiger partial charge is 0.221 e. The van der Waals surface area contributed by atoms with E-state index in [1.807, 2.05) is 6.07 Å². The molecule has 0 spiro atoms. The lowest BCUT2D eigenvalue weighted by atomic mass is 10.2. The second kappa shape index (κ2) is 6.56. The Kier molecular flexibility index (Phi) is 5.01. The van der Waals surface area contributed by atoms with Gasteiger partial charge >= 0.3 is 0 Å². The number of hydrogen-bond donors (Lipinski definition) is 2. The van der Waals surface area contributed by atoms with Crippen LogP contribution in [0.4, 0.5) is 15.8 Å². The minimum atomic E-state index is -0.465. The summed E-state index contributed by atoms with van der Waals surface area (Å²) in [7, 11) is 0. The summed E-state index contributed by atoms with van der Waals surface area (Å²) in [4.78, 5) is 12.0. The molecule has 0 aliphatic carbocycles. The molecule has 2 N–H and O–H groups in total. The van der Waals surface area contributed by atoms with Crippen LogP contribution in [-0.4, -0.2) is 5.91 Å². The minimum Gasteiger partial charge on any atom is -0.380 e. The zero-order valence-electron chi connectivity index (χ0n) is 10.5. The standard InChI is InChI=1S/C13H11BrClFN2OS/c1-7(19)18-12-4-8(2-3-11(12)16)17-6-9-5-10(14)13(15)20-9/h2-5,17H,6H2,1H3,(H,18,19). The van der Waals surface area contributed by atoms with Gasteiger partial charge < -0.3 is 10.6 Å². The zero-order chi connectivity index (χ0) is 14.7. The van der Waals surface area contributed by atoms with Crippen LogP contribution in [0.3, 0.4) is 0 Å². The summed E-state index contributed by atoms with van der Waals surface area (Å²) >= 11 is 10.8. The van der Waals surface area contributed by atoms with E-state index in [9.17, 15) is 9.18 Å². The van der Waals surface area contributed by atoms with Gasteiger partial charge in [-0.15, -0.1) is 11.3 Å². The molecule has 0 atom stereocenters. The molecule has 1 heterocycles. The average Bonchev–Trinajstić information content (AvgIpc) is 2.69. The highest BCUT2D eigenvalue weighted by molar-refractivity contribution is 9.10. The van der Waals surface area contributed by atoms with Gasteiger partial charge in [-0.2, -0.15) is 0 Å². The highest BCUT2D eigenvalue weighted by atomic mass is 79.9. The maximum absolute atomic E-state index is 13.5. The maximum atomic E-state index is 13.5. The Bertz CT molecular complexity index is 628. The predicted octanol–water partition coefficient (Wildman–Crippen LogP) is 4.87. The van der Waals surface area contributed by atoms with E-state index in [-0.39, 0.29) is 11.6 Å². The van der Waals surface area contributed by atoms with Crippen molar-refractivity contribution < 1.29 is 9.18 Å². The van der Waals surface area contributed by atoms with Gasteiger partial charge in [-0.1, -0.05) is 11.6 Å². The Morgan fingerprint density at radius 1 is 1.45 bits per heavy atom. The molecule has 1 amide bonds. The SMILES string of the molecule is CC(=O)Nc1cc(NCc2cc(Br)c(Cl)s2)ccc1F. The quantitative estimate of drug-likeness (QED) is 0.798. The summed E-state index contributed by atoms with van der Waals surface area (Å²) in [6, 6.07) is 6.41. The number of benzene rings is 1. The molecule has 0 fully saturated rings. The van der Waals surface area contributed by atoms with Gasteiger partial charge in [0.05, 0.1) is 5.69 Å².